The Morgan fingerprint density at radius 1 is 1.25 bits per heavy atom. The molecule has 0 unspecified atom stereocenters. The molecule has 1 aromatic heterocycles. The number of nitrogens with one attached hydrogen (secondary N) is 1. The number of hydrogen-bond donors (Lipinski definition) is 1. The Bertz CT molecular complexity index is 1370. The van der Waals surface area contributed by atoms with E-state index in [1.54, 1.807) is 26.1 Å². The monoisotopic (exact) mass is 482 g/mol. The van der Waals surface area contributed by atoms with E-state index < -0.39 is 16.0 Å². The molecule has 0 atom stereocenters. The lowest BCUT2D eigenvalue weighted by molar-refractivity contribution is 0.0128. The van der Waals surface area contributed by atoms with Crippen LogP contribution in [-0.2, 0) is 22.0 Å². The molecule has 1 fully saturated rings. The number of nitrogens with zero attached hydrogens (tertiary/aromatic N) is 3. The van der Waals surface area contributed by atoms with Gasteiger partial charge in [0, 0.05) is 32.8 Å². The van der Waals surface area contributed by atoms with Crippen LogP contribution >= 0.6 is 11.6 Å². The summed E-state index contributed by atoms with van der Waals surface area (Å²) in [6, 6.07) is 5.38. The summed E-state index contributed by atoms with van der Waals surface area (Å²) in [5, 5.41) is 0.0716. The van der Waals surface area contributed by atoms with Gasteiger partial charge in [-0.1, -0.05) is 11.6 Å². The molecule has 0 spiro atoms. The van der Waals surface area contributed by atoms with Crippen LogP contribution in [0.3, 0.4) is 0 Å². The molecular formula is C20H20ClFN4O5S. The Morgan fingerprint density at radius 2 is 1.97 bits per heavy atom. The van der Waals surface area contributed by atoms with Crippen LogP contribution in [0.5, 0.6) is 11.5 Å². The first-order chi connectivity index (χ1) is 15.1. The highest BCUT2D eigenvalue weighted by atomic mass is 35.5. The molecule has 32 heavy (non-hydrogen) atoms. The van der Waals surface area contributed by atoms with Crippen LogP contribution in [0.2, 0.25) is 5.02 Å². The molecule has 2 heterocycles. The maximum atomic E-state index is 14.6. The molecule has 1 aliphatic heterocycles. The normalized spacial score (nSPS) is 15.0. The second-order valence-corrected chi connectivity index (χ2v) is 9.41. The van der Waals surface area contributed by atoms with Crippen molar-refractivity contribution in [3.8, 4) is 11.5 Å². The lowest BCUT2D eigenvalue weighted by Crippen LogP contribution is -2.55. The lowest BCUT2D eigenvalue weighted by Gasteiger charge is -2.36. The van der Waals surface area contributed by atoms with Gasteiger partial charge in [-0.05, 0) is 31.2 Å². The Balaban J connectivity index is 1.68. The second-order valence-electron chi connectivity index (χ2n) is 7.37. The molecule has 4 rings (SSSR count). The quantitative estimate of drug-likeness (QED) is 0.579. The Labute approximate surface area is 188 Å². The number of hydrogen-bond acceptors (Lipinski definition) is 6. The van der Waals surface area contributed by atoms with Gasteiger partial charge in [0.1, 0.15) is 10.8 Å². The SMILES string of the molecule is COC1CN(S(=O)(=O)Nc2ccc(F)c(Oc3ccc4ncn(C)c(=O)c4c3C)c2Cl)C1. The van der Waals surface area contributed by atoms with Crippen molar-refractivity contribution in [2.75, 3.05) is 24.9 Å². The number of aryl methyl sites for hydroxylation is 2. The molecule has 0 saturated carbocycles. The number of benzene rings is 2. The summed E-state index contributed by atoms with van der Waals surface area (Å²) in [5.74, 6) is -0.970. The van der Waals surface area contributed by atoms with E-state index in [9.17, 15) is 17.6 Å². The van der Waals surface area contributed by atoms with Gasteiger partial charge in [0.15, 0.2) is 11.6 Å². The maximum Gasteiger partial charge on any atom is 0.301 e. The standard InChI is InChI=1S/C20H20ClFN4O5S/c1-11-16(7-6-14-17(11)20(27)25(2)10-23-14)31-19-13(22)4-5-15(18(19)21)24-32(28,29)26-8-12(9-26)30-3/h4-7,10,12,24H,8-9H2,1-3H3. The van der Waals surface area contributed by atoms with Gasteiger partial charge in [-0.2, -0.15) is 12.7 Å². The molecule has 0 bridgehead atoms. The summed E-state index contributed by atoms with van der Waals surface area (Å²) in [6.45, 7) is 2.05. The molecule has 170 valence electrons. The molecule has 0 amide bonds. The summed E-state index contributed by atoms with van der Waals surface area (Å²) in [4.78, 5) is 16.7. The smallest absolute Gasteiger partial charge is 0.301 e. The number of aromatic nitrogens is 2. The van der Waals surface area contributed by atoms with Gasteiger partial charge >= 0.3 is 10.2 Å². The minimum atomic E-state index is -3.90. The summed E-state index contributed by atoms with van der Waals surface area (Å²) in [5.41, 5.74) is 0.591. The van der Waals surface area contributed by atoms with Gasteiger partial charge in [0.25, 0.3) is 5.56 Å². The van der Waals surface area contributed by atoms with Crippen LogP contribution in [0.1, 0.15) is 5.56 Å². The average molecular weight is 483 g/mol. The van der Waals surface area contributed by atoms with Gasteiger partial charge < -0.3 is 14.0 Å². The van der Waals surface area contributed by atoms with Crippen LogP contribution < -0.4 is 15.0 Å². The van der Waals surface area contributed by atoms with Crippen LogP contribution in [0, 0.1) is 12.7 Å². The highest BCUT2D eigenvalue weighted by Gasteiger charge is 2.36. The summed E-state index contributed by atoms with van der Waals surface area (Å²) in [7, 11) is -0.830. The summed E-state index contributed by atoms with van der Waals surface area (Å²) < 4.78 is 55.3. The van der Waals surface area contributed by atoms with Crippen molar-refractivity contribution in [1.29, 1.82) is 0 Å². The molecule has 0 radical (unpaired) electrons. The number of halogens is 2. The van der Waals surface area contributed by atoms with E-state index in [1.807, 2.05) is 0 Å². The topological polar surface area (TPSA) is 103 Å². The third kappa shape index (κ3) is 3.92. The number of rotatable bonds is 6. The van der Waals surface area contributed by atoms with Crippen LogP contribution in [-0.4, -0.2) is 48.6 Å². The molecule has 3 aromatic rings. The fraction of sp³-hybridized carbons (Fsp3) is 0.300. The van der Waals surface area contributed by atoms with Crippen molar-refractivity contribution in [3.05, 3.63) is 57.3 Å². The van der Waals surface area contributed by atoms with Crippen LogP contribution in [0.25, 0.3) is 10.9 Å². The predicted octanol–water partition coefficient (Wildman–Crippen LogP) is 2.81. The zero-order chi connectivity index (χ0) is 23.2. The zero-order valence-electron chi connectivity index (χ0n) is 17.4. The fourth-order valence-corrected chi connectivity index (χ4v) is 4.91. The Hall–Kier alpha value is -2.73. The fourth-order valence-electron chi connectivity index (χ4n) is 3.31. The van der Waals surface area contributed by atoms with Crippen LogP contribution in [0.4, 0.5) is 10.1 Å². The molecule has 12 heteroatoms. The van der Waals surface area contributed by atoms with Crippen LogP contribution in [0.15, 0.2) is 35.4 Å². The third-order valence-corrected chi connectivity index (χ3v) is 7.12. The average Bonchev–Trinajstić information content (AvgIpc) is 2.70. The summed E-state index contributed by atoms with van der Waals surface area (Å²) in [6.07, 6.45) is 1.23. The van der Waals surface area contributed by atoms with E-state index in [1.165, 1.54) is 28.4 Å². The van der Waals surface area contributed by atoms with E-state index in [2.05, 4.69) is 9.71 Å². The highest BCUT2D eigenvalue weighted by Crippen LogP contribution is 2.39. The Morgan fingerprint density at radius 3 is 2.66 bits per heavy atom. The molecule has 1 N–H and O–H groups in total. The maximum absolute atomic E-state index is 14.6. The van der Waals surface area contributed by atoms with Crippen molar-refractivity contribution in [2.45, 2.75) is 13.0 Å². The number of anilines is 1. The molecule has 1 saturated heterocycles. The lowest BCUT2D eigenvalue weighted by atomic mass is 10.1. The van der Waals surface area contributed by atoms with Gasteiger partial charge in [-0.15, -0.1) is 0 Å². The van der Waals surface area contributed by atoms with Crippen molar-refractivity contribution in [2.24, 2.45) is 7.05 Å². The van der Waals surface area contributed by atoms with Gasteiger partial charge in [0.2, 0.25) is 0 Å². The van der Waals surface area contributed by atoms with Crippen molar-refractivity contribution in [3.63, 3.8) is 0 Å². The molecule has 9 nitrogen and oxygen atoms in total. The van der Waals surface area contributed by atoms with E-state index in [0.29, 0.717) is 16.5 Å². The van der Waals surface area contributed by atoms with Gasteiger partial charge in [-0.25, -0.2) is 9.37 Å². The number of fused-ring (bicyclic) bond motifs is 1. The predicted molar refractivity (Wildman–Crippen MR) is 118 cm³/mol. The minimum Gasteiger partial charge on any atom is -0.452 e. The molecule has 0 aliphatic carbocycles. The third-order valence-electron chi connectivity index (χ3n) is 5.29. The van der Waals surface area contributed by atoms with E-state index >= 15 is 0 Å². The Kier molecular flexibility index (Phi) is 5.84. The zero-order valence-corrected chi connectivity index (χ0v) is 19.0. The first-order valence-electron chi connectivity index (χ1n) is 9.54. The minimum absolute atomic E-state index is 0.0417. The van der Waals surface area contributed by atoms with Crippen molar-refractivity contribution >= 4 is 38.4 Å². The van der Waals surface area contributed by atoms with Crippen molar-refractivity contribution in [1.82, 2.24) is 13.9 Å². The first kappa shape index (κ1) is 22.5. The second kappa shape index (κ2) is 8.32. The largest absolute Gasteiger partial charge is 0.452 e. The molecule has 2 aromatic carbocycles. The van der Waals surface area contributed by atoms with E-state index in [-0.39, 0.29) is 47.0 Å². The number of ether oxygens (including phenoxy) is 2. The van der Waals surface area contributed by atoms with Gasteiger partial charge in [-0.3, -0.25) is 9.52 Å². The number of methoxy groups -OCH3 is 1. The van der Waals surface area contributed by atoms with Crippen molar-refractivity contribution < 1.29 is 22.3 Å². The summed E-state index contributed by atoms with van der Waals surface area (Å²) >= 11 is 6.31. The highest BCUT2D eigenvalue weighted by molar-refractivity contribution is 7.90. The van der Waals surface area contributed by atoms with Gasteiger partial charge in [0.05, 0.1) is 29.0 Å². The molecule has 1 aliphatic rings. The van der Waals surface area contributed by atoms with E-state index in [4.69, 9.17) is 21.1 Å². The molecular weight excluding hydrogens is 463 g/mol. The van der Waals surface area contributed by atoms with E-state index in [0.717, 1.165) is 6.07 Å². The first-order valence-corrected chi connectivity index (χ1v) is 11.4.